The molecule has 6 rings (SSSR count). The number of fused-ring (bicyclic) bond motifs is 1. The fourth-order valence-corrected chi connectivity index (χ4v) is 6.41. The molecule has 2 saturated heterocycles. The maximum atomic E-state index is 12.7. The lowest BCUT2D eigenvalue weighted by Crippen LogP contribution is -2.43. The molecule has 2 atom stereocenters. The number of hydrogen-bond acceptors (Lipinski definition) is 10. The second kappa shape index (κ2) is 9.66. The summed E-state index contributed by atoms with van der Waals surface area (Å²) in [5.74, 6) is 3.46. The molecule has 2 fully saturated rings. The number of carbonyl (C=O) groups excluding carboxylic acids is 1. The van der Waals surface area contributed by atoms with E-state index in [-0.39, 0.29) is 17.9 Å². The summed E-state index contributed by atoms with van der Waals surface area (Å²) in [5.41, 5.74) is 1.75. The number of aryl methyl sites for hydroxylation is 1. The molecule has 0 spiro atoms. The first-order chi connectivity index (χ1) is 17.5. The Labute approximate surface area is 211 Å². The molecule has 12 heteroatoms. The van der Waals surface area contributed by atoms with Crippen LogP contribution < -0.4 is 10.2 Å². The molecule has 3 aliphatic heterocycles. The minimum Gasteiger partial charge on any atom is -0.611 e. The molecule has 1 unspecified atom stereocenters. The quantitative estimate of drug-likeness (QED) is 0.510. The highest BCUT2D eigenvalue weighted by Crippen LogP contribution is 2.35. The van der Waals surface area contributed by atoms with Gasteiger partial charge < -0.3 is 24.2 Å². The first-order valence-electron chi connectivity index (χ1n) is 12.3. The van der Waals surface area contributed by atoms with E-state index in [0.29, 0.717) is 48.6 Å². The van der Waals surface area contributed by atoms with Gasteiger partial charge in [0.1, 0.15) is 11.4 Å². The van der Waals surface area contributed by atoms with Crippen molar-refractivity contribution in [2.45, 2.75) is 49.0 Å². The minimum absolute atomic E-state index is 0.0787. The molecule has 0 aromatic carbocycles. The third-order valence-corrected chi connectivity index (χ3v) is 8.61. The highest BCUT2D eigenvalue weighted by atomic mass is 32.2. The van der Waals surface area contributed by atoms with Gasteiger partial charge in [0, 0.05) is 69.4 Å². The van der Waals surface area contributed by atoms with Crippen LogP contribution in [0, 0.1) is 0 Å². The van der Waals surface area contributed by atoms with E-state index in [9.17, 15) is 9.35 Å². The van der Waals surface area contributed by atoms with Crippen molar-refractivity contribution in [3.05, 3.63) is 36.1 Å². The number of nitrogens with zero attached hydrogens (tertiary/aromatic N) is 7. The minimum atomic E-state index is -1.10. The van der Waals surface area contributed by atoms with E-state index in [1.807, 2.05) is 19.2 Å². The second-order valence-corrected chi connectivity index (χ2v) is 11.1. The van der Waals surface area contributed by atoms with Crippen molar-refractivity contribution in [2.75, 3.05) is 42.7 Å². The molecule has 3 aromatic heterocycles. The normalized spacial score (nSPS) is 22.7. The summed E-state index contributed by atoms with van der Waals surface area (Å²) < 4.78 is 18.3. The number of anilines is 2. The van der Waals surface area contributed by atoms with E-state index in [1.165, 1.54) is 0 Å². The van der Waals surface area contributed by atoms with Crippen LogP contribution in [0.1, 0.15) is 43.2 Å². The van der Waals surface area contributed by atoms with Crippen LogP contribution in [0.2, 0.25) is 0 Å². The molecule has 188 valence electrons. The van der Waals surface area contributed by atoms with Crippen molar-refractivity contribution in [3.8, 4) is 11.4 Å². The number of likely N-dealkylation sites (N-methyl/N-ethyl adjacent to an activating group) is 1. The van der Waals surface area contributed by atoms with Gasteiger partial charge in [-0.25, -0.2) is 4.98 Å². The van der Waals surface area contributed by atoms with Gasteiger partial charge in [-0.2, -0.15) is 9.97 Å². The number of rotatable bonds is 5. The zero-order valence-corrected chi connectivity index (χ0v) is 20.9. The lowest BCUT2D eigenvalue weighted by Gasteiger charge is -2.32. The smallest absolute Gasteiger partial charge is 0.230 e. The summed E-state index contributed by atoms with van der Waals surface area (Å²) in [4.78, 5) is 34.9. The average Bonchev–Trinajstić information content (AvgIpc) is 3.54. The van der Waals surface area contributed by atoms with Crippen molar-refractivity contribution in [1.29, 1.82) is 0 Å². The fourth-order valence-electron chi connectivity index (χ4n) is 5.09. The van der Waals surface area contributed by atoms with Crippen molar-refractivity contribution in [3.63, 3.8) is 0 Å². The van der Waals surface area contributed by atoms with Gasteiger partial charge in [0.05, 0.1) is 0 Å². The number of likely N-dealkylation sites (tertiary alicyclic amines) is 1. The largest absolute Gasteiger partial charge is 0.611 e. The van der Waals surface area contributed by atoms with E-state index in [2.05, 4.69) is 25.3 Å². The van der Waals surface area contributed by atoms with Crippen molar-refractivity contribution >= 4 is 28.8 Å². The third kappa shape index (κ3) is 4.50. The number of carbonyl (C=O) groups is 1. The van der Waals surface area contributed by atoms with Crippen LogP contribution in [0.3, 0.4) is 0 Å². The maximum absolute atomic E-state index is 12.7. The van der Waals surface area contributed by atoms with Gasteiger partial charge in [0.15, 0.2) is 5.82 Å². The van der Waals surface area contributed by atoms with Crippen molar-refractivity contribution in [2.24, 2.45) is 0 Å². The van der Waals surface area contributed by atoms with E-state index < -0.39 is 11.2 Å². The summed E-state index contributed by atoms with van der Waals surface area (Å²) >= 11 is -1.10. The van der Waals surface area contributed by atoms with Crippen LogP contribution in [-0.2, 0) is 22.4 Å². The highest BCUT2D eigenvalue weighted by molar-refractivity contribution is 7.91. The zero-order chi connectivity index (χ0) is 24.6. The van der Waals surface area contributed by atoms with Gasteiger partial charge in [-0.1, -0.05) is 5.16 Å². The predicted molar refractivity (Wildman–Crippen MR) is 133 cm³/mol. The topological polar surface area (TPSA) is 136 Å². The van der Waals surface area contributed by atoms with Gasteiger partial charge in [-0.3, -0.25) is 9.78 Å². The van der Waals surface area contributed by atoms with E-state index >= 15 is 0 Å². The first kappa shape index (κ1) is 23.2. The predicted octanol–water partition coefficient (Wildman–Crippen LogP) is 2.00. The van der Waals surface area contributed by atoms with E-state index in [4.69, 9.17) is 14.5 Å². The highest BCUT2D eigenvalue weighted by Gasteiger charge is 2.35. The fraction of sp³-hybridized carbons (Fsp3) is 0.500. The number of pyridine rings is 1. The van der Waals surface area contributed by atoms with Crippen LogP contribution in [0.4, 0.5) is 11.8 Å². The SMILES string of the molecule is CN1C[C@@H](Nc2nc(N3CCC(c4nc(-c5ccncc5)no4)CC3)nc3c2[S+]([O-])CC3)CCC1=O. The Morgan fingerprint density at radius 2 is 1.92 bits per heavy atom. The molecule has 0 radical (unpaired) electrons. The van der Waals surface area contributed by atoms with Gasteiger partial charge >= 0.3 is 0 Å². The summed E-state index contributed by atoms with van der Waals surface area (Å²) in [6.45, 7) is 2.13. The van der Waals surface area contributed by atoms with Gasteiger partial charge in [0.25, 0.3) is 0 Å². The van der Waals surface area contributed by atoms with Crippen molar-refractivity contribution < 1.29 is 13.9 Å². The summed E-state index contributed by atoms with van der Waals surface area (Å²) in [5, 5.41) is 7.64. The number of piperidine rings is 2. The van der Waals surface area contributed by atoms with Crippen LogP contribution in [-0.4, -0.2) is 78.9 Å². The van der Waals surface area contributed by atoms with E-state index in [1.54, 1.807) is 17.3 Å². The van der Waals surface area contributed by atoms with Gasteiger partial charge in [0.2, 0.25) is 28.5 Å². The summed E-state index contributed by atoms with van der Waals surface area (Å²) in [7, 11) is 1.82. The molecular formula is C24H28N8O3S. The molecular weight excluding hydrogens is 480 g/mol. The number of aromatic nitrogens is 5. The number of amides is 1. The molecule has 1 N–H and O–H groups in total. The Morgan fingerprint density at radius 3 is 2.69 bits per heavy atom. The Bertz CT molecular complexity index is 1250. The second-order valence-electron chi connectivity index (χ2n) is 9.56. The van der Waals surface area contributed by atoms with Crippen LogP contribution in [0.25, 0.3) is 11.4 Å². The maximum Gasteiger partial charge on any atom is 0.230 e. The number of nitrogens with one attached hydrogen (secondary N) is 1. The zero-order valence-electron chi connectivity index (χ0n) is 20.1. The Morgan fingerprint density at radius 1 is 1.11 bits per heavy atom. The summed E-state index contributed by atoms with van der Waals surface area (Å²) in [6, 6.07) is 3.81. The van der Waals surface area contributed by atoms with Crippen molar-refractivity contribution in [1.82, 2.24) is 30.0 Å². The van der Waals surface area contributed by atoms with E-state index in [0.717, 1.165) is 48.5 Å². The van der Waals surface area contributed by atoms with Crippen LogP contribution in [0.5, 0.6) is 0 Å². The summed E-state index contributed by atoms with van der Waals surface area (Å²) in [6.07, 6.45) is 7.05. The van der Waals surface area contributed by atoms with Gasteiger partial charge in [-0.15, -0.1) is 0 Å². The molecule has 3 aromatic rings. The average molecular weight is 509 g/mol. The first-order valence-corrected chi connectivity index (χ1v) is 13.7. The molecule has 0 bridgehead atoms. The van der Waals surface area contributed by atoms with Gasteiger partial charge in [-0.05, 0) is 42.6 Å². The Balaban J connectivity index is 1.17. The monoisotopic (exact) mass is 508 g/mol. The standard InChI is InChI=1S/C24H28N8O3S/c1-31-14-17(2-3-19(31)33)26-22-20-18(8-13-36(20)34)27-24(29-22)32-11-6-16(7-12-32)23-28-21(30-35-23)15-4-9-25-10-5-15/h4-5,9-10,16-17H,2-3,6-8,11-14H2,1H3,(H,26,27,29)/t17-,36?/m0/s1. The lowest BCUT2D eigenvalue weighted by atomic mass is 9.97. The Hall–Kier alpha value is -3.25. The molecule has 6 heterocycles. The molecule has 1 amide bonds. The molecule has 0 saturated carbocycles. The van der Waals surface area contributed by atoms with Crippen LogP contribution >= 0.6 is 0 Å². The lowest BCUT2D eigenvalue weighted by molar-refractivity contribution is -0.132. The molecule has 3 aliphatic rings. The molecule has 11 nitrogen and oxygen atoms in total. The molecule has 0 aliphatic carbocycles. The third-order valence-electron chi connectivity index (χ3n) is 7.15. The Kier molecular flexibility index (Phi) is 6.22. The molecule has 36 heavy (non-hydrogen) atoms. The van der Waals surface area contributed by atoms with Crippen LogP contribution in [0.15, 0.2) is 33.9 Å². The number of hydrogen-bond donors (Lipinski definition) is 1.